The van der Waals surface area contributed by atoms with E-state index in [2.05, 4.69) is 17.9 Å². The number of thiol groups is 1. The van der Waals surface area contributed by atoms with Gasteiger partial charge in [0.2, 0.25) is 5.91 Å². The molecule has 1 aromatic carbocycles. The zero-order valence-corrected chi connectivity index (χ0v) is 14.8. The highest BCUT2D eigenvalue weighted by Crippen LogP contribution is 2.20. The SMILES string of the molecule is CC(=O)NC(CS)C(=O)O.NCC(CC(=O)O)c1ccc(Cl)cc1. The third kappa shape index (κ3) is 9.39. The fourth-order valence-corrected chi connectivity index (χ4v) is 2.09. The first-order valence-electron chi connectivity index (χ1n) is 6.99. The number of carbonyl (C=O) groups excluding carboxylic acids is 1. The molecule has 24 heavy (non-hydrogen) atoms. The van der Waals surface area contributed by atoms with E-state index in [9.17, 15) is 14.4 Å². The van der Waals surface area contributed by atoms with Crippen molar-refractivity contribution in [3.8, 4) is 0 Å². The Balaban J connectivity index is 0.000000470. The molecule has 0 bridgehead atoms. The summed E-state index contributed by atoms with van der Waals surface area (Å²) in [5.41, 5.74) is 6.41. The maximum absolute atomic E-state index is 10.5. The van der Waals surface area contributed by atoms with Gasteiger partial charge in [0, 0.05) is 23.6 Å². The van der Waals surface area contributed by atoms with Crippen LogP contribution in [-0.2, 0) is 14.4 Å². The fraction of sp³-hybridized carbons (Fsp3) is 0.400. The summed E-state index contributed by atoms with van der Waals surface area (Å²) in [5, 5.41) is 19.9. The van der Waals surface area contributed by atoms with Gasteiger partial charge in [-0.2, -0.15) is 12.6 Å². The van der Waals surface area contributed by atoms with E-state index in [1.807, 2.05) is 12.1 Å². The van der Waals surface area contributed by atoms with Crippen molar-refractivity contribution in [2.75, 3.05) is 12.3 Å². The number of carboxylic acids is 2. The van der Waals surface area contributed by atoms with E-state index in [0.717, 1.165) is 5.56 Å². The third-order valence-corrected chi connectivity index (χ3v) is 3.52. The number of hydrogen-bond donors (Lipinski definition) is 5. The standard InChI is InChI=1S/C10H12ClNO2.C5H9NO3S/c11-9-3-1-7(2-4-9)8(6-12)5-10(13)14;1-3(7)6-4(2-10)5(8)9/h1-4,8H,5-6,12H2,(H,13,14);4,10H,2H2,1H3,(H,6,7)(H,8,9). The quantitative estimate of drug-likeness (QED) is 0.457. The highest BCUT2D eigenvalue weighted by atomic mass is 35.5. The highest BCUT2D eigenvalue weighted by molar-refractivity contribution is 7.80. The number of aliphatic carboxylic acids is 2. The molecule has 7 nitrogen and oxygen atoms in total. The first-order chi connectivity index (χ1) is 11.2. The molecule has 1 aromatic rings. The minimum atomic E-state index is -1.06. The van der Waals surface area contributed by atoms with E-state index >= 15 is 0 Å². The molecular formula is C15H21ClN2O5S. The van der Waals surface area contributed by atoms with Gasteiger partial charge in [-0.1, -0.05) is 23.7 Å². The van der Waals surface area contributed by atoms with E-state index in [4.69, 9.17) is 27.5 Å². The van der Waals surface area contributed by atoms with E-state index < -0.39 is 18.0 Å². The topological polar surface area (TPSA) is 130 Å². The summed E-state index contributed by atoms with van der Waals surface area (Å²) in [7, 11) is 0. The van der Waals surface area contributed by atoms with Crippen molar-refractivity contribution in [3.05, 3.63) is 34.9 Å². The van der Waals surface area contributed by atoms with Gasteiger partial charge in [0.25, 0.3) is 0 Å². The lowest BCUT2D eigenvalue weighted by Crippen LogP contribution is -2.40. The summed E-state index contributed by atoms with van der Waals surface area (Å²) in [6.07, 6.45) is 0.0537. The monoisotopic (exact) mass is 376 g/mol. The lowest BCUT2D eigenvalue weighted by Gasteiger charge is -2.12. The Bertz CT molecular complexity index is 553. The molecule has 0 spiro atoms. The Morgan fingerprint density at radius 2 is 1.79 bits per heavy atom. The van der Waals surface area contributed by atoms with Crippen molar-refractivity contribution in [2.45, 2.75) is 25.3 Å². The van der Waals surface area contributed by atoms with Gasteiger partial charge in [-0.25, -0.2) is 4.79 Å². The minimum absolute atomic E-state index is 0.0537. The van der Waals surface area contributed by atoms with Gasteiger partial charge in [0.15, 0.2) is 0 Å². The lowest BCUT2D eigenvalue weighted by atomic mass is 9.96. The van der Waals surface area contributed by atoms with Gasteiger partial charge in [-0.3, -0.25) is 9.59 Å². The summed E-state index contributed by atoms with van der Waals surface area (Å²) in [6, 6.07) is 6.22. The number of carboxylic acid groups (broad SMARTS) is 2. The zero-order valence-electron chi connectivity index (χ0n) is 13.1. The Morgan fingerprint density at radius 3 is 2.08 bits per heavy atom. The predicted molar refractivity (Wildman–Crippen MR) is 94.6 cm³/mol. The highest BCUT2D eigenvalue weighted by Gasteiger charge is 2.15. The number of nitrogens with one attached hydrogen (secondary N) is 1. The van der Waals surface area contributed by atoms with Crippen LogP contribution >= 0.6 is 24.2 Å². The molecule has 134 valence electrons. The predicted octanol–water partition coefficient (Wildman–Crippen LogP) is 1.36. The molecule has 0 heterocycles. The average molecular weight is 377 g/mol. The summed E-state index contributed by atoms with van der Waals surface area (Å²) >= 11 is 9.45. The molecule has 9 heteroatoms. The van der Waals surface area contributed by atoms with Crippen molar-refractivity contribution in [1.29, 1.82) is 0 Å². The van der Waals surface area contributed by atoms with Crippen LogP contribution in [0.15, 0.2) is 24.3 Å². The molecule has 2 unspecified atom stereocenters. The van der Waals surface area contributed by atoms with Crippen LogP contribution in [0.5, 0.6) is 0 Å². The van der Waals surface area contributed by atoms with Gasteiger partial charge in [0.05, 0.1) is 6.42 Å². The molecule has 1 rings (SSSR count). The number of amides is 1. The van der Waals surface area contributed by atoms with Crippen molar-refractivity contribution < 1.29 is 24.6 Å². The number of rotatable bonds is 7. The molecule has 1 amide bonds. The van der Waals surface area contributed by atoms with E-state index in [0.29, 0.717) is 11.6 Å². The smallest absolute Gasteiger partial charge is 0.327 e. The molecule has 0 aliphatic carbocycles. The van der Waals surface area contributed by atoms with Gasteiger partial charge < -0.3 is 21.3 Å². The van der Waals surface area contributed by atoms with Crippen molar-refractivity contribution in [2.24, 2.45) is 5.73 Å². The molecule has 0 aliphatic rings. The number of carbonyl (C=O) groups is 3. The van der Waals surface area contributed by atoms with Crippen LogP contribution in [0.4, 0.5) is 0 Å². The second kappa shape index (κ2) is 11.7. The summed E-state index contributed by atoms with van der Waals surface area (Å²) < 4.78 is 0. The van der Waals surface area contributed by atoms with E-state index in [1.165, 1.54) is 6.92 Å². The molecule has 0 fully saturated rings. The third-order valence-electron chi connectivity index (χ3n) is 2.91. The van der Waals surface area contributed by atoms with Crippen LogP contribution in [0.2, 0.25) is 5.02 Å². The Labute approximate surface area is 150 Å². The minimum Gasteiger partial charge on any atom is -0.481 e. The molecular weight excluding hydrogens is 356 g/mol. The summed E-state index contributed by atoms with van der Waals surface area (Å²) in [4.78, 5) is 31.0. The Kier molecular flexibility index (Phi) is 10.9. The first kappa shape index (κ1) is 22.2. The van der Waals surface area contributed by atoms with Crippen LogP contribution in [-0.4, -0.2) is 46.4 Å². The second-order valence-corrected chi connectivity index (χ2v) is 5.66. The van der Waals surface area contributed by atoms with Gasteiger partial charge in [-0.05, 0) is 24.2 Å². The average Bonchev–Trinajstić information content (AvgIpc) is 2.51. The van der Waals surface area contributed by atoms with E-state index in [1.54, 1.807) is 12.1 Å². The zero-order chi connectivity index (χ0) is 18.7. The van der Waals surface area contributed by atoms with Crippen LogP contribution in [0, 0.1) is 0 Å². The number of nitrogens with two attached hydrogens (primary N) is 1. The van der Waals surface area contributed by atoms with Crippen LogP contribution in [0.1, 0.15) is 24.8 Å². The first-order valence-corrected chi connectivity index (χ1v) is 8.00. The molecule has 0 aliphatic heterocycles. The van der Waals surface area contributed by atoms with Gasteiger partial charge in [0.1, 0.15) is 6.04 Å². The van der Waals surface area contributed by atoms with E-state index in [-0.39, 0.29) is 24.0 Å². The molecule has 2 atom stereocenters. The van der Waals surface area contributed by atoms with Crippen LogP contribution in [0.25, 0.3) is 0 Å². The fourth-order valence-electron chi connectivity index (χ4n) is 1.71. The summed E-state index contributed by atoms with van der Waals surface area (Å²) in [6.45, 7) is 1.59. The van der Waals surface area contributed by atoms with Crippen LogP contribution < -0.4 is 11.1 Å². The largest absolute Gasteiger partial charge is 0.481 e. The maximum Gasteiger partial charge on any atom is 0.327 e. The normalized spacial score (nSPS) is 12.3. The molecule has 5 N–H and O–H groups in total. The molecule has 0 saturated heterocycles. The Hall–Kier alpha value is -1.77. The van der Waals surface area contributed by atoms with Crippen LogP contribution in [0.3, 0.4) is 0 Å². The maximum atomic E-state index is 10.5. The molecule has 0 aromatic heterocycles. The number of halogens is 1. The summed E-state index contributed by atoms with van der Waals surface area (Å²) in [5.74, 6) is -2.29. The Morgan fingerprint density at radius 1 is 1.25 bits per heavy atom. The lowest BCUT2D eigenvalue weighted by molar-refractivity contribution is -0.140. The van der Waals surface area contributed by atoms with Crippen molar-refractivity contribution >= 4 is 42.1 Å². The number of hydrogen-bond acceptors (Lipinski definition) is 5. The molecule has 0 saturated carbocycles. The number of benzene rings is 1. The van der Waals surface area contributed by atoms with Crippen molar-refractivity contribution in [1.82, 2.24) is 5.32 Å². The van der Waals surface area contributed by atoms with Gasteiger partial charge in [-0.15, -0.1) is 0 Å². The van der Waals surface area contributed by atoms with Crippen molar-refractivity contribution in [3.63, 3.8) is 0 Å². The molecule has 0 radical (unpaired) electrons. The second-order valence-electron chi connectivity index (χ2n) is 4.86. The van der Waals surface area contributed by atoms with Gasteiger partial charge >= 0.3 is 11.9 Å².